The molecule has 1 aliphatic heterocycles. The summed E-state index contributed by atoms with van der Waals surface area (Å²) in [6.45, 7) is 9.32. The molecule has 0 N–H and O–H groups in total. The molecule has 0 atom stereocenters. The van der Waals surface area contributed by atoms with Crippen molar-refractivity contribution in [1.82, 2.24) is 19.6 Å². The minimum atomic E-state index is 0.195. The van der Waals surface area contributed by atoms with Crippen molar-refractivity contribution in [3.05, 3.63) is 11.8 Å². The minimum Gasteiger partial charge on any atom is -0.477 e. The van der Waals surface area contributed by atoms with E-state index < -0.39 is 0 Å². The third kappa shape index (κ3) is 5.22. The van der Waals surface area contributed by atoms with Gasteiger partial charge >= 0.3 is 0 Å². The van der Waals surface area contributed by atoms with E-state index >= 15 is 0 Å². The van der Waals surface area contributed by atoms with Gasteiger partial charge in [-0.25, -0.2) is 0 Å². The lowest BCUT2D eigenvalue weighted by molar-refractivity contribution is -0.130. The Labute approximate surface area is 157 Å². The predicted octanol–water partition coefficient (Wildman–Crippen LogP) is 3.02. The van der Waals surface area contributed by atoms with Gasteiger partial charge in [-0.2, -0.15) is 0 Å². The second kappa shape index (κ2) is 9.40. The number of aryl methyl sites for hydroxylation is 1. The summed E-state index contributed by atoms with van der Waals surface area (Å²) in [6, 6.07) is 2.64. The average molecular weight is 363 g/mol. The van der Waals surface area contributed by atoms with E-state index in [0.29, 0.717) is 6.04 Å². The average Bonchev–Trinajstić information content (AvgIpc) is 3.03. The molecule has 26 heavy (non-hydrogen) atoms. The molecular weight excluding hydrogens is 328 g/mol. The molecule has 2 aliphatic rings. The number of carbonyl (C=O) groups is 1. The second-order valence-corrected chi connectivity index (χ2v) is 7.76. The molecular formula is C20H34N4O2. The number of hydrogen-bond donors (Lipinski definition) is 0. The van der Waals surface area contributed by atoms with Crippen LogP contribution in [0.3, 0.4) is 0 Å². The Kier molecular flexibility index (Phi) is 6.94. The molecule has 3 rings (SSSR count). The first-order valence-electron chi connectivity index (χ1n) is 10.3. The minimum absolute atomic E-state index is 0.195. The number of aromatic nitrogens is 2. The van der Waals surface area contributed by atoms with Gasteiger partial charge in [0.25, 0.3) is 0 Å². The Balaban J connectivity index is 1.32. The maximum absolute atomic E-state index is 11.3. The van der Waals surface area contributed by atoms with Gasteiger partial charge in [0.05, 0.1) is 12.6 Å². The molecule has 6 heteroatoms. The number of ether oxygens (including phenoxy) is 1. The molecule has 1 saturated carbocycles. The first-order chi connectivity index (χ1) is 12.6. The molecule has 2 fully saturated rings. The zero-order valence-corrected chi connectivity index (χ0v) is 16.5. The Bertz CT molecular complexity index is 572. The van der Waals surface area contributed by atoms with Crippen LogP contribution < -0.4 is 4.74 Å². The maximum Gasteiger partial charge on any atom is 0.233 e. The summed E-state index contributed by atoms with van der Waals surface area (Å²) < 4.78 is 8.08. The number of rotatable bonds is 7. The lowest BCUT2D eigenvalue weighted by atomic mass is 9.95. The lowest BCUT2D eigenvalue weighted by Gasteiger charge is -2.34. The monoisotopic (exact) mass is 362 g/mol. The Morgan fingerprint density at radius 3 is 2.58 bits per heavy atom. The van der Waals surface area contributed by atoms with Crippen LogP contribution in [0.4, 0.5) is 0 Å². The molecule has 1 saturated heterocycles. The molecule has 6 nitrogen and oxygen atoms in total. The van der Waals surface area contributed by atoms with Crippen molar-refractivity contribution in [2.24, 2.45) is 0 Å². The summed E-state index contributed by atoms with van der Waals surface area (Å²) >= 11 is 0. The van der Waals surface area contributed by atoms with Crippen molar-refractivity contribution in [2.45, 2.75) is 64.8 Å². The van der Waals surface area contributed by atoms with Crippen LogP contribution in [0, 0.1) is 6.92 Å². The van der Waals surface area contributed by atoms with Crippen LogP contribution >= 0.6 is 0 Å². The van der Waals surface area contributed by atoms with Gasteiger partial charge in [-0.1, -0.05) is 19.3 Å². The first-order valence-corrected chi connectivity index (χ1v) is 10.3. The summed E-state index contributed by atoms with van der Waals surface area (Å²) in [5, 5.41) is 4.69. The highest BCUT2D eigenvalue weighted by Crippen LogP contribution is 2.29. The quantitative estimate of drug-likeness (QED) is 0.700. The largest absolute Gasteiger partial charge is 0.477 e. The number of piperazine rings is 1. The fourth-order valence-corrected chi connectivity index (χ4v) is 4.13. The zero-order chi connectivity index (χ0) is 18.4. The molecule has 0 spiro atoms. The van der Waals surface area contributed by atoms with E-state index in [4.69, 9.17) is 9.84 Å². The van der Waals surface area contributed by atoms with E-state index in [2.05, 4.69) is 22.6 Å². The van der Waals surface area contributed by atoms with Gasteiger partial charge in [-0.3, -0.25) is 14.4 Å². The molecule has 1 aromatic heterocycles. The molecule has 0 unspecified atom stereocenters. The first kappa shape index (κ1) is 19.2. The van der Waals surface area contributed by atoms with Gasteiger partial charge < -0.3 is 9.64 Å². The number of hydrogen-bond acceptors (Lipinski definition) is 4. The molecule has 0 bridgehead atoms. The molecule has 1 aromatic rings. The molecule has 1 amide bonds. The number of amides is 1. The van der Waals surface area contributed by atoms with Gasteiger partial charge in [0, 0.05) is 44.9 Å². The van der Waals surface area contributed by atoms with E-state index in [1.165, 1.54) is 37.8 Å². The van der Waals surface area contributed by atoms with Crippen molar-refractivity contribution in [1.29, 1.82) is 0 Å². The van der Waals surface area contributed by atoms with E-state index in [-0.39, 0.29) is 5.91 Å². The van der Waals surface area contributed by atoms with Crippen molar-refractivity contribution >= 4 is 5.91 Å². The fraction of sp³-hybridized carbons (Fsp3) is 0.800. The third-order valence-electron chi connectivity index (χ3n) is 5.76. The standard InChI is InChI=1S/C20H34N4O2/c1-17-16-20(21-24(17)19-8-4-3-5-9-19)26-15-7-6-10-22-11-13-23(14-12-22)18(2)25/h16,19H,3-15H2,1-2H3. The van der Waals surface area contributed by atoms with Gasteiger partial charge in [-0.15, -0.1) is 5.10 Å². The SMILES string of the molecule is CC(=O)N1CCN(CCCCOc2cc(C)n(C3CCCCC3)n2)CC1. The molecule has 146 valence electrons. The van der Waals surface area contributed by atoms with E-state index in [0.717, 1.165) is 58.1 Å². The zero-order valence-electron chi connectivity index (χ0n) is 16.5. The summed E-state index contributed by atoms with van der Waals surface area (Å²) in [7, 11) is 0. The van der Waals surface area contributed by atoms with Gasteiger partial charge in [0.1, 0.15) is 0 Å². The fourth-order valence-electron chi connectivity index (χ4n) is 4.13. The van der Waals surface area contributed by atoms with Gasteiger partial charge in [0.2, 0.25) is 11.8 Å². The Morgan fingerprint density at radius 1 is 1.15 bits per heavy atom. The molecule has 2 heterocycles. The van der Waals surface area contributed by atoms with Crippen LogP contribution in [0.25, 0.3) is 0 Å². The van der Waals surface area contributed by atoms with Crippen molar-refractivity contribution in [3.63, 3.8) is 0 Å². The Hall–Kier alpha value is -1.56. The van der Waals surface area contributed by atoms with Crippen molar-refractivity contribution in [2.75, 3.05) is 39.3 Å². The van der Waals surface area contributed by atoms with Crippen LogP contribution in [0.1, 0.15) is 63.6 Å². The highest BCUT2D eigenvalue weighted by atomic mass is 16.5. The highest BCUT2D eigenvalue weighted by Gasteiger charge is 2.19. The van der Waals surface area contributed by atoms with E-state index in [1.807, 2.05) is 4.90 Å². The summed E-state index contributed by atoms with van der Waals surface area (Å²) in [5.74, 6) is 0.976. The molecule has 0 aromatic carbocycles. The number of carbonyl (C=O) groups excluding carboxylic acids is 1. The van der Waals surface area contributed by atoms with Crippen LogP contribution in [0.15, 0.2) is 6.07 Å². The Morgan fingerprint density at radius 2 is 1.88 bits per heavy atom. The third-order valence-corrected chi connectivity index (χ3v) is 5.76. The van der Waals surface area contributed by atoms with Crippen LogP contribution in [0.5, 0.6) is 5.88 Å². The smallest absolute Gasteiger partial charge is 0.233 e. The number of unbranched alkanes of at least 4 members (excludes halogenated alkanes) is 1. The number of nitrogens with zero attached hydrogens (tertiary/aromatic N) is 4. The highest BCUT2D eigenvalue weighted by molar-refractivity contribution is 5.73. The maximum atomic E-state index is 11.3. The van der Waals surface area contributed by atoms with Gasteiger partial charge in [0.15, 0.2) is 0 Å². The van der Waals surface area contributed by atoms with Gasteiger partial charge in [-0.05, 0) is 39.2 Å². The molecule has 0 radical (unpaired) electrons. The summed E-state index contributed by atoms with van der Waals surface area (Å²) in [5.41, 5.74) is 1.22. The summed E-state index contributed by atoms with van der Waals surface area (Å²) in [4.78, 5) is 15.7. The van der Waals surface area contributed by atoms with Crippen LogP contribution in [0.2, 0.25) is 0 Å². The van der Waals surface area contributed by atoms with E-state index in [9.17, 15) is 4.79 Å². The van der Waals surface area contributed by atoms with E-state index in [1.54, 1.807) is 6.92 Å². The van der Waals surface area contributed by atoms with Crippen molar-refractivity contribution < 1.29 is 9.53 Å². The van der Waals surface area contributed by atoms with Crippen LogP contribution in [-0.4, -0.2) is 64.8 Å². The lowest BCUT2D eigenvalue weighted by Crippen LogP contribution is -2.48. The molecule has 1 aliphatic carbocycles. The normalized spacial score (nSPS) is 19.7. The predicted molar refractivity (Wildman–Crippen MR) is 103 cm³/mol. The van der Waals surface area contributed by atoms with Crippen LogP contribution in [-0.2, 0) is 4.79 Å². The topological polar surface area (TPSA) is 50.6 Å². The second-order valence-electron chi connectivity index (χ2n) is 7.76. The summed E-state index contributed by atoms with van der Waals surface area (Å²) in [6.07, 6.45) is 8.67. The van der Waals surface area contributed by atoms with Crippen molar-refractivity contribution in [3.8, 4) is 5.88 Å².